The van der Waals surface area contributed by atoms with E-state index in [1.807, 2.05) is 32.0 Å². The van der Waals surface area contributed by atoms with E-state index in [1.165, 1.54) is 42.3 Å². The summed E-state index contributed by atoms with van der Waals surface area (Å²) in [6.07, 6.45) is -3.61. The molecule has 0 saturated heterocycles. The molecule has 2 saturated carbocycles. The van der Waals surface area contributed by atoms with Gasteiger partial charge in [0.2, 0.25) is 11.8 Å². The molecule has 48 heavy (non-hydrogen) atoms. The van der Waals surface area contributed by atoms with Gasteiger partial charge in [0, 0.05) is 23.2 Å². The number of benzene rings is 2. The van der Waals surface area contributed by atoms with Gasteiger partial charge in [-0.25, -0.2) is 18.1 Å². The van der Waals surface area contributed by atoms with Crippen molar-refractivity contribution in [3.8, 4) is 17.1 Å². The van der Waals surface area contributed by atoms with E-state index >= 15 is 0 Å². The van der Waals surface area contributed by atoms with E-state index in [9.17, 15) is 31.2 Å². The number of esters is 1. The molecule has 0 unspecified atom stereocenters. The van der Waals surface area contributed by atoms with Gasteiger partial charge in [-0.15, -0.1) is 0 Å². The van der Waals surface area contributed by atoms with Crippen LogP contribution in [0.2, 0.25) is 0 Å². The molecule has 2 aromatic carbocycles. The molecular weight excluding hydrogens is 649 g/mol. The van der Waals surface area contributed by atoms with Crippen LogP contribution in [0.5, 0.6) is 5.88 Å². The highest BCUT2D eigenvalue weighted by atomic mass is 32.2. The maximum atomic E-state index is 14.5. The van der Waals surface area contributed by atoms with Gasteiger partial charge in [-0.2, -0.15) is 18.2 Å². The van der Waals surface area contributed by atoms with Crippen LogP contribution in [0.3, 0.4) is 0 Å². The lowest BCUT2D eigenvalue weighted by atomic mass is 9.83. The third-order valence-corrected chi connectivity index (χ3v) is 11.1. The second kappa shape index (κ2) is 12.7. The average molecular weight is 687 g/mol. The number of rotatable bonds is 5. The van der Waals surface area contributed by atoms with Crippen molar-refractivity contribution in [3.63, 3.8) is 0 Å². The number of ether oxygens (including phenoxy) is 2. The minimum Gasteiger partial charge on any atom is -0.475 e. The summed E-state index contributed by atoms with van der Waals surface area (Å²) in [7, 11) is -3.01. The predicted molar refractivity (Wildman–Crippen MR) is 170 cm³/mol. The zero-order chi connectivity index (χ0) is 34.4. The molecule has 2 fully saturated rings. The van der Waals surface area contributed by atoms with Crippen LogP contribution in [-0.4, -0.2) is 67.1 Å². The summed E-state index contributed by atoms with van der Waals surface area (Å²) < 4.78 is 84.1. The normalized spacial score (nSPS) is 23.4. The minimum atomic E-state index is -4.50. The predicted octanol–water partition coefficient (Wildman–Crippen LogP) is 6.23. The van der Waals surface area contributed by atoms with Crippen molar-refractivity contribution in [1.29, 1.82) is 0 Å². The number of anilines is 1. The number of hydrogen-bond donors (Lipinski definition) is 1. The van der Waals surface area contributed by atoms with E-state index in [-0.39, 0.29) is 53.6 Å². The highest BCUT2D eigenvalue weighted by Crippen LogP contribution is 2.61. The third-order valence-electron chi connectivity index (χ3n) is 9.81. The molecule has 1 atom stereocenters. The number of nitrogens with one attached hydrogen (secondary N) is 1. The van der Waals surface area contributed by atoms with Crippen molar-refractivity contribution in [2.24, 2.45) is 11.3 Å². The number of nitrogens with zero attached hydrogens (tertiary/aromatic N) is 3. The van der Waals surface area contributed by atoms with Gasteiger partial charge in [-0.05, 0) is 88.1 Å². The van der Waals surface area contributed by atoms with E-state index < -0.39 is 46.0 Å². The van der Waals surface area contributed by atoms with Crippen LogP contribution in [0, 0.1) is 25.2 Å². The van der Waals surface area contributed by atoms with Gasteiger partial charge in [0.15, 0.2) is 0 Å². The summed E-state index contributed by atoms with van der Waals surface area (Å²) in [5, 5.41) is 0. The number of hydrogen-bond acceptors (Lipinski definition) is 8. The number of amides is 1. The minimum absolute atomic E-state index is 0.00193. The van der Waals surface area contributed by atoms with E-state index in [4.69, 9.17) is 9.47 Å². The van der Waals surface area contributed by atoms with Gasteiger partial charge >= 0.3 is 12.1 Å². The largest absolute Gasteiger partial charge is 0.475 e. The number of carbonyl (C=O) groups excluding carboxylic acids is 2. The number of fused-ring (bicyclic) bond motifs is 4. The molecule has 4 bridgehead atoms. The summed E-state index contributed by atoms with van der Waals surface area (Å²) in [5.41, 5.74) is 0.814. The first kappa shape index (κ1) is 33.7. The average Bonchev–Trinajstić information content (AvgIpc) is 3.84. The number of halogens is 3. The lowest BCUT2D eigenvalue weighted by molar-refractivity contribution is -0.193. The molecule has 1 aliphatic heterocycles. The number of sulfonamides is 1. The first-order chi connectivity index (χ1) is 22.7. The molecule has 1 N–H and O–H groups in total. The van der Waals surface area contributed by atoms with E-state index in [1.54, 1.807) is 0 Å². The Morgan fingerprint density at radius 2 is 1.71 bits per heavy atom. The zero-order valence-corrected chi connectivity index (χ0v) is 27.7. The quantitative estimate of drug-likeness (QED) is 0.313. The summed E-state index contributed by atoms with van der Waals surface area (Å²) in [4.78, 5) is 36.7. The molecule has 10 nitrogen and oxygen atoms in total. The molecule has 0 spiro atoms. The van der Waals surface area contributed by atoms with Gasteiger partial charge < -0.3 is 14.4 Å². The van der Waals surface area contributed by atoms with Crippen LogP contribution < -0.4 is 9.46 Å². The Morgan fingerprint density at radius 1 is 1.04 bits per heavy atom. The van der Waals surface area contributed by atoms with Crippen LogP contribution in [-0.2, 0) is 19.6 Å². The SMILES string of the molecule is COC(=O)C1CCC(N2C(=O)c3cccc(c3)S(=O)(=O)Nc3nc(cc(-c4c(C)cccc4C)n3)OC[C@H]2CC2(C(F)(F)F)CC2)CC1. The van der Waals surface area contributed by atoms with E-state index in [2.05, 4.69) is 14.7 Å². The van der Waals surface area contributed by atoms with Crippen LogP contribution in [0.25, 0.3) is 11.3 Å². The maximum Gasteiger partial charge on any atom is 0.394 e. The summed E-state index contributed by atoms with van der Waals surface area (Å²) in [6.45, 7) is 3.42. The standard InChI is InChI=1S/C34H37F3N4O6S/c1-20-6-4-7-21(2)29(20)27-17-28-39-32(38-27)40-48(44,45)26-9-5-8-23(16-26)30(42)41(24-12-10-22(11-13-24)31(43)46-3)25(19-47-28)18-33(14-15-33)34(35,36)37/h4-9,16-17,22,24-25H,10-15,18-19H2,1-3H3,(H,38,39,40)/t22?,24?,25-/m1/s1. The van der Waals surface area contributed by atoms with Crippen LogP contribution in [0.1, 0.15) is 66.4 Å². The second-order valence-electron chi connectivity index (χ2n) is 13.0. The maximum absolute atomic E-state index is 14.5. The van der Waals surface area contributed by atoms with E-state index in [0.29, 0.717) is 31.4 Å². The fourth-order valence-corrected chi connectivity index (χ4v) is 8.02. The molecule has 14 heteroatoms. The Kier molecular flexibility index (Phi) is 8.90. The van der Waals surface area contributed by atoms with Crippen LogP contribution in [0.4, 0.5) is 19.1 Å². The molecule has 0 radical (unpaired) electrons. The van der Waals surface area contributed by atoms with Crippen molar-refractivity contribution in [2.75, 3.05) is 18.4 Å². The van der Waals surface area contributed by atoms with Crippen LogP contribution >= 0.6 is 0 Å². The number of aromatic nitrogens is 2. The Morgan fingerprint density at radius 3 is 2.33 bits per heavy atom. The monoisotopic (exact) mass is 686 g/mol. The van der Waals surface area contributed by atoms with Crippen molar-refractivity contribution in [2.45, 2.75) is 81.9 Å². The van der Waals surface area contributed by atoms with Crippen molar-refractivity contribution in [1.82, 2.24) is 14.9 Å². The van der Waals surface area contributed by atoms with Crippen molar-refractivity contribution >= 4 is 27.8 Å². The van der Waals surface area contributed by atoms with Gasteiger partial charge in [0.05, 0.1) is 35.1 Å². The van der Waals surface area contributed by atoms with Gasteiger partial charge in [0.25, 0.3) is 15.9 Å². The van der Waals surface area contributed by atoms with Crippen molar-refractivity contribution in [3.05, 3.63) is 65.2 Å². The fourth-order valence-electron chi connectivity index (χ4n) is 7.03. The highest BCUT2D eigenvalue weighted by molar-refractivity contribution is 7.92. The molecule has 3 aliphatic rings. The van der Waals surface area contributed by atoms with Gasteiger partial charge in [0.1, 0.15) is 6.61 Å². The Balaban J connectivity index is 1.48. The number of aryl methyl sites for hydroxylation is 2. The van der Waals surface area contributed by atoms with E-state index in [0.717, 1.165) is 16.7 Å². The van der Waals surface area contributed by atoms with Crippen LogP contribution in [0.15, 0.2) is 53.4 Å². The highest BCUT2D eigenvalue weighted by Gasteiger charge is 2.64. The number of alkyl halides is 3. The topological polar surface area (TPSA) is 128 Å². The van der Waals surface area contributed by atoms with Crippen molar-refractivity contribution < 1.29 is 40.7 Å². The third kappa shape index (κ3) is 6.58. The molecule has 2 heterocycles. The Hall–Kier alpha value is -4.20. The molecule has 1 amide bonds. The molecule has 256 valence electrons. The first-order valence-electron chi connectivity index (χ1n) is 15.9. The second-order valence-corrected chi connectivity index (χ2v) is 14.7. The molecule has 1 aromatic heterocycles. The summed E-state index contributed by atoms with van der Waals surface area (Å²) >= 11 is 0. The molecule has 3 aromatic rings. The molecule has 6 rings (SSSR count). The summed E-state index contributed by atoms with van der Waals surface area (Å²) in [5.74, 6) is -1.73. The Bertz CT molecular complexity index is 1820. The first-order valence-corrected chi connectivity index (χ1v) is 17.4. The number of methoxy groups -OCH3 is 1. The van der Waals surface area contributed by atoms with Gasteiger partial charge in [-0.1, -0.05) is 24.3 Å². The number of carbonyl (C=O) groups is 2. The summed E-state index contributed by atoms with van der Waals surface area (Å²) in [6, 6.07) is 10.9. The lowest BCUT2D eigenvalue weighted by Crippen LogP contribution is -2.52. The fraction of sp³-hybridized carbons (Fsp3) is 0.471. The Labute approximate surface area is 277 Å². The zero-order valence-electron chi connectivity index (χ0n) is 26.8. The smallest absolute Gasteiger partial charge is 0.394 e. The van der Waals surface area contributed by atoms with Gasteiger partial charge in [-0.3, -0.25) is 9.59 Å². The lowest BCUT2D eigenvalue weighted by Gasteiger charge is -2.42. The molecular formula is C34H37F3N4O6S. The molecule has 2 aliphatic carbocycles.